The number of carboxylic acid groups (broad SMARTS) is 1. The third-order valence-corrected chi connectivity index (χ3v) is 2.27. The number of phenolic OH excluding ortho intramolecular Hbond substituents is 1. The van der Waals surface area contributed by atoms with Crippen molar-refractivity contribution in [3.8, 4) is 11.5 Å². The minimum Gasteiger partial charge on any atom is -0.505 e. The van der Waals surface area contributed by atoms with Gasteiger partial charge in [-0.05, 0) is 30.5 Å². The average Bonchev–Trinajstić information content (AvgIpc) is 2.22. The summed E-state index contributed by atoms with van der Waals surface area (Å²) >= 11 is 0. The third-order valence-electron chi connectivity index (χ3n) is 2.27. The molecule has 0 spiro atoms. The van der Waals surface area contributed by atoms with Gasteiger partial charge in [0.05, 0.1) is 7.11 Å². The summed E-state index contributed by atoms with van der Waals surface area (Å²) in [4.78, 5) is 10.4. The number of rotatable bonds is 4. The Morgan fingerprint density at radius 1 is 1.56 bits per heavy atom. The number of aryl methyl sites for hydroxylation is 2. The Bertz CT molecular complexity index is 415. The molecule has 1 rings (SSSR count). The van der Waals surface area contributed by atoms with E-state index in [1.807, 2.05) is 0 Å². The van der Waals surface area contributed by atoms with Crippen LogP contribution in [-0.4, -0.2) is 23.3 Å². The summed E-state index contributed by atoms with van der Waals surface area (Å²) in [7, 11) is 1.31. The molecule has 0 aliphatic carbocycles. The van der Waals surface area contributed by atoms with Crippen LogP contribution in [0.25, 0.3) is 0 Å². The number of methoxy groups -OCH3 is 1. The number of aliphatic carboxylic acids is 1. The number of carbonyl (C=O) groups is 1. The molecule has 0 bridgehead atoms. The summed E-state index contributed by atoms with van der Waals surface area (Å²) < 4.78 is 18.3. The van der Waals surface area contributed by atoms with E-state index in [0.717, 1.165) is 0 Å². The molecule has 0 saturated heterocycles. The fraction of sp³-hybridized carbons (Fsp3) is 0.364. The maximum atomic E-state index is 13.5. The SMILES string of the molecule is COc1c(C)cc(CCC(=O)O)c(O)c1F. The van der Waals surface area contributed by atoms with E-state index in [9.17, 15) is 14.3 Å². The lowest BCUT2D eigenvalue weighted by atomic mass is 10.0. The van der Waals surface area contributed by atoms with Crippen molar-refractivity contribution in [3.05, 3.63) is 23.0 Å². The highest BCUT2D eigenvalue weighted by molar-refractivity contribution is 5.67. The van der Waals surface area contributed by atoms with E-state index in [4.69, 9.17) is 9.84 Å². The van der Waals surface area contributed by atoms with Crippen LogP contribution in [0.3, 0.4) is 0 Å². The summed E-state index contributed by atoms with van der Waals surface area (Å²) in [5.74, 6) is -2.39. The summed E-state index contributed by atoms with van der Waals surface area (Å²) in [6, 6.07) is 1.53. The van der Waals surface area contributed by atoms with Gasteiger partial charge in [-0.2, -0.15) is 4.39 Å². The summed E-state index contributed by atoms with van der Waals surface area (Å²) in [6.07, 6.45) is -0.0678. The molecule has 4 nitrogen and oxygen atoms in total. The molecule has 0 fully saturated rings. The first-order chi connectivity index (χ1) is 7.47. The molecule has 0 unspecified atom stereocenters. The van der Waals surface area contributed by atoms with Crippen LogP contribution in [0.2, 0.25) is 0 Å². The highest BCUT2D eigenvalue weighted by atomic mass is 19.1. The van der Waals surface area contributed by atoms with Crippen LogP contribution in [0, 0.1) is 12.7 Å². The molecular formula is C11H13FO4. The van der Waals surface area contributed by atoms with Crippen LogP contribution in [-0.2, 0) is 11.2 Å². The van der Waals surface area contributed by atoms with E-state index >= 15 is 0 Å². The maximum absolute atomic E-state index is 13.5. The molecule has 88 valence electrons. The van der Waals surface area contributed by atoms with Gasteiger partial charge in [0, 0.05) is 6.42 Å². The Morgan fingerprint density at radius 2 is 2.19 bits per heavy atom. The number of ether oxygens (including phenoxy) is 1. The van der Waals surface area contributed by atoms with Crippen molar-refractivity contribution in [2.45, 2.75) is 19.8 Å². The molecule has 0 radical (unpaired) electrons. The van der Waals surface area contributed by atoms with Gasteiger partial charge in [0.2, 0.25) is 5.82 Å². The van der Waals surface area contributed by atoms with E-state index < -0.39 is 17.5 Å². The van der Waals surface area contributed by atoms with Crippen LogP contribution in [0.4, 0.5) is 4.39 Å². The van der Waals surface area contributed by atoms with E-state index in [1.165, 1.54) is 13.2 Å². The predicted octanol–water partition coefficient (Wildman–Crippen LogP) is 1.87. The zero-order valence-electron chi connectivity index (χ0n) is 9.08. The van der Waals surface area contributed by atoms with Crippen molar-refractivity contribution in [3.63, 3.8) is 0 Å². The molecule has 0 saturated carbocycles. The number of aromatic hydroxyl groups is 1. The van der Waals surface area contributed by atoms with Gasteiger partial charge in [-0.15, -0.1) is 0 Å². The van der Waals surface area contributed by atoms with Gasteiger partial charge in [0.25, 0.3) is 0 Å². The maximum Gasteiger partial charge on any atom is 0.303 e. The lowest BCUT2D eigenvalue weighted by molar-refractivity contribution is -0.136. The van der Waals surface area contributed by atoms with Crippen molar-refractivity contribution in [2.75, 3.05) is 7.11 Å². The van der Waals surface area contributed by atoms with Crippen molar-refractivity contribution in [2.24, 2.45) is 0 Å². The number of benzene rings is 1. The molecule has 0 atom stereocenters. The van der Waals surface area contributed by atoms with Gasteiger partial charge in [-0.1, -0.05) is 0 Å². The monoisotopic (exact) mass is 228 g/mol. The standard InChI is InChI=1S/C11H13FO4/c1-6-5-7(3-4-8(13)14)10(15)9(12)11(6)16-2/h5,15H,3-4H2,1-2H3,(H,13,14). The lowest BCUT2D eigenvalue weighted by Crippen LogP contribution is -2.00. The highest BCUT2D eigenvalue weighted by Crippen LogP contribution is 2.33. The Hall–Kier alpha value is -1.78. The molecule has 2 N–H and O–H groups in total. The first-order valence-corrected chi connectivity index (χ1v) is 4.74. The molecule has 5 heteroatoms. The Morgan fingerprint density at radius 3 is 2.69 bits per heavy atom. The normalized spacial score (nSPS) is 10.2. The fourth-order valence-electron chi connectivity index (χ4n) is 1.50. The van der Waals surface area contributed by atoms with Gasteiger partial charge >= 0.3 is 5.97 Å². The van der Waals surface area contributed by atoms with E-state index in [2.05, 4.69) is 0 Å². The van der Waals surface area contributed by atoms with Gasteiger partial charge in [0.15, 0.2) is 11.5 Å². The molecule has 0 aliphatic rings. The number of halogens is 1. The van der Waals surface area contributed by atoms with Crippen molar-refractivity contribution in [1.82, 2.24) is 0 Å². The zero-order chi connectivity index (χ0) is 12.3. The smallest absolute Gasteiger partial charge is 0.303 e. The van der Waals surface area contributed by atoms with E-state index in [-0.39, 0.29) is 24.2 Å². The minimum absolute atomic E-state index is 0.0171. The molecule has 16 heavy (non-hydrogen) atoms. The number of hydrogen-bond donors (Lipinski definition) is 2. The molecule has 0 aromatic heterocycles. The second kappa shape index (κ2) is 4.83. The lowest BCUT2D eigenvalue weighted by Gasteiger charge is -2.11. The van der Waals surface area contributed by atoms with Crippen molar-refractivity contribution in [1.29, 1.82) is 0 Å². The van der Waals surface area contributed by atoms with Crippen LogP contribution in [0.15, 0.2) is 6.07 Å². The fourth-order valence-corrected chi connectivity index (χ4v) is 1.50. The second-order valence-electron chi connectivity index (χ2n) is 3.44. The van der Waals surface area contributed by atoms with E-state index in [1.54, 1.807) is 6.92 Å². The Balaban J connectivity index is 3.08. The topological polar surface area (TPSA) is 66.8 Å². The highest BCUT2D eigenvalue weighted by Gasteiger charge is 2.16. The molecule has 1 aromatic rings. The first kappa shape index (κ1) is 12.3. The van der Waals surface area contributed by atoms with E-state index in [0.29, 0.717) is 5.56 Å². The van der Waals surface area contributed by atoms with Gasteiger partial charge in [-0.25, -0.2) is 0 Å². The zero-order valence-corrected chi connectivity index (χ0v) is 9.08. The second-order valence-corrected chi connectivity index (χ2v) is 3.44. The number of carboxylic acids is 1. The van der Waals surface area contributed by atoms with Crippen LogP contribution < -0.4 is 4.74 Å². The third kappa shape index (κ3) is 2.42. The summed E-state index contributed by atoms with van der Waals surface area (Å²) in [6.45, 7) is 1.63. The average molecular weight is 228 g/mol. The molecule has 0 heterocycles. The van der Waals surface area contributed by atoms with Crippen LogP contribution in [0.5, 0.6) is 11.5 Å². The van der Waals surface area contributed by atoms with Crippen LogP contribution in [0.1, 0.15) is 17.5 Å². The molecular weight excluding hydrogens is 215 g/mol. The van der Waals surface area contributed by atoms with Crippen molar-refractivity contribution >= 4 is 5.97 Å². The largest absolute Gasteiger partial charge is 0.505 e. The number of hydrogen-bond acceptors (Lipinski definition) is 3. The predicted molar refractivity (Wildman–Crippen MR) is 55.3 cm³/mol. The van der Waals surface area contributed by atoms with Gasteiger partial charge in [0.1, 0.15) is 0 Å². The first-order valence-electron chi connectivity index (χ1n) is 4.74. The van der Waals surface area contributed by atoms with Crippen molar-refractivity contribution < 1.29 is 24.1 Å². The quantitative estimate of drug-likeness (QED) is 0.825. The van der Waals surface area contributed by atoms with Gasteiger partial charge < -0.3 is 14.9 Å². The molecule has 0 aliphatic heterocycles. The summed E-state index contributed by atoms with van der Waals surface area (Å²) in [5, 5.41) is 18.0. The Labute approximate surface area is 92.3 Å². The van der Waals surface area contributed by atoms with Crippen LogP contribution >= 0.6 is 0 Å². The number of phenols is 1. The molecule has 0 amide bonds. The molecule has 1 aromatic carbocycles. The summed E-state index contributed by atoms with van der Waals surface area (Å²) in [5.41, 5.74) is 0.802. The Kier molecular flexibility index (Phi) is 3.71. The minimum atomic E-state index is -0.992. The van der Waals surface area contributed by atoms with Gasteiger partial charge in [-0.3, -0.25) is 4.79 Å².